The minimum absolute atomic E-state index is 0.542. The molecule has 2 bridgehead atoms. The van der Waals surface area contributed by atoms with Crippen LogP contribution in [0.2, 0.25) is 0 Å². The standard InChI is InChI=1S/C17H31N/c1-2-13-5-7-17(12-18,8-6-13)11-16-10-14-3-4-15(16)9-14/h13-16H,2-12,18H2,1H3. The van der Waals surface area contributed by atoms with Gasteiger partial charge in [-0.3, -0.25) is 0 Å². The molecule has 1 heteroatoms. The number of fused-ring (bicyclic) bond motifs is 2. The number of rotatable bonds is 4. The van der Waals surface area contributed by atoms with E-state index in [0.717, 1.165) is 30.2 Å². The molecule has 104 valence electrons. The van der Waals surface area contributed by atoms with Gasteiger partial charge in [0.25, 0.3) is 0 Å². The predicted octanol–water partition coefficient (Wildman–Crippen LogP) is 4.36. The zero-order chi connectivity index (χ0) is 12.6. The molecule has 1 nitrogen and oxygen atoms in total. The van der Waals surface area contributed by atoms with Gasteiger partial charge in [-0.05, 0) is 87.0 Å². The van der Waals surface area contributed by atoms with Crippen LogP contribution < -0.4 is 5.73 Å². The zero-order valence-electron chi connectivity index (χ0n) is 12.2. The van der Waals surface area contributed by atoms with Crippen LogP contribution in [0.1, 0.15) is 71.1 Å². The Morgan fingerprint density at radius 2 is 1.83 bits per heavy atom. The first-order chi connectivity index (χ1) is 8.74. The van der Waals surface area contributed by atoms with Crippen LogP contribution in [0.25, 0.3) is 0 Å². The molecule has 0 heterocycles. The smallest absolute Gasteiger partial charge is 0.00204 e. The van der Waals surface area contributed by atoms with Crippen LogP contribution in [0.3, 0.4) is 0 Å². The topological polar surface area (TPSA) is 26.0 Å². The molecular formula is C17H31N. The Morgan fingerprint density at radius 3 is 2.33 bits per heavy atom. The van der Waals surface area contributed by atoms with Crippen LogP contribution in [-0.4, -0.2) is 6.54 Å². The van der Waals surface area contributed by atoms with Gasteiger partial charge in [0.2, 0.25) is 0 Å². The Hall–Kier alpha value is -0.0400. The quantitative estimate of drug-likeness (QED) is 0.787. The van der Waals surface area contributed by atoms with Crippen LogP contribution in [-0.2, 0) is 0 Å². The summed E-state index contributed by atoms with van der Waals surface area (Å²) in [6, 6.07) is 0. The molecule has 0 aliphatic heterocycles. The van der Waals surface area contributed by atoms with Gasteiger partial charge in [0, 0.05) is 0 Å². The average molecular weight is 249 g/mol. The van der Waals surface area contributed by atoms with Crippen LogP contribution in [0.4, 0.5) is 0 Å². The summed E-state index contributed by atoms with van der Waals surface area (Å²) in [5.74, 6) is 4.24. The Balaban J connectivity index is 1.59. The number of hydrogen-bond donors (Lipinski definition) is 1. The van der Waals surface area contributed by atoms with Crippen LogP contribution in [0.15, 0.2) is 0 Å². The maximum absolute atomic E-state index is 6.20. The summed E-state index contributed by atoms with van der Waals surface area (Å²) in [7, 11) is 0. The fourth-order valence-corrected chi connectivity index (χ4v) is 5.37. The second-order valence-corrected chi connectivity index (χ2v) is 7.69. The van der Waals surface area contributed by atoms with Crippen molar-refractivity contribution >= 4 is 0 Å². The number of nitrogens with two attached hydrogens (primary N) is 1. The van der Waals surface area contributed by atoms with Crippen LogP contribution >= 0.6 is 0 Å². The first kappa shape index (κ1) is 13.0. The third-order valence-electron chi connectivity index (χ3n) is 6.76. The molecule has 3 unspecified atom stereocenters. The third-order valence-corrected chi connectivity index (χ3v) is 6.76. The molecule has 3 rings (SSSR count). The Labute approximate surface area is 113 Å². The summed E-state index contributed by atoms with van der Waals surface area (Å²) in [5.41, 5.74) is 6.74. The van der Waals surface area contributed by atoms with Crippen molar-refractivity contribution in [2.45, 2.75) is 71.1 Å². The lowest BCUT2D eigenvalue weighted by Gasteiger charge is -2.42. The van der Waals surface area contributed by atoms with E-state index in [9.17, 15) is 0 Å². The van der Waals surface area contributed by atoms with Crippen LogP contribution in [0.5, 0.6) is 0 Å². The van der Waals surface area contributed by atoms with Gasteiger partial charge in [0.15, 0.2) is 0 Å². The minimum Gasteiger partial charge on any atom is -0.330 e. The maximum atomic E-state index is 6.20. The van der Waals surface area contributed by atoms with Crippen molar-refractivity contribution in [1.29, 1.82) is 0 Å². The summed E-state index contributed by atoms with van der Waals surface area (Å²) < 4.78 is 0. The fourth-order valence-electron chi connectivity index (χ4n) is 5.37. The van der Waals surface area contributed by atoms with Gasteiger partial charge in [-0.1, -0.05) is 19.8 Å². The summed E-state index contributed by atoms with van der Waals surface area (Å²) in [6.07, 6.45) is 14.8. The van der Waals surface area contributed by atoms with Crippen LogP contribution in [0, 0.1) is 29.1 Å². The van der Waals surface area contributed by atoms with Crippen molar-refractivity contribution in [3.8, 4) is 0 Å². The largest absolute Gasteiger partial charge is 0.330 e. The third kappa shape index (κ3) is 2.35. The van der Waals surface area contributed by atoms with Gasteiger partial charge in [-0.25, -0.2) is 0 Å². The lowest BCUT2D eigenvalue weighted by atomic mass is 9.64. The first-order valence-electron chi connectivity index (χ1n) is 8.45. The van der Waals surface area contributed by atoms with Crippen molar-refractivity contribution < 1.29 is 0 Å². The molecule has 0 aromatic heterocycles. The highest BCUT2D eigenvalue weighted by atomic mass is 14.6. The van der Waals surface area contributed by atoms with E-state index in [1.165, 1.54) is 51.4 Å². The van der Waals surface area contributed by atoms with E-state index < -0.39 is 0 Å². The van der Waals surface area contributed by atoms with Gasteiger partial charge in [0.05, 0.1) is 0 Å². The highest BCUT2D eigenvalue weighted by molar-refractivity contribution is 4.95. The second kappa shape index (κ2) is 5.15. The molecule has 0 aromatic carbocycles. The van der Waals surface area contributed by atoms with E-state index in [2.05, 4.69) is 6.92 Å². The van der Waals surface area contributed by atoms with Crippen molar-refractivity contribution in [3.05, 3.63) is 0 Å². The van der Waals surface area contributed by atoms with Crippen molar-refractivity contribution in [3.63, 3.8) is 0 Å². The molecule has 3 fully saturated rings. The van der Waals surface area contributed by atoms with E-state index in [4.69, 9.17) is 5.73 Å². The zero-order valence-corrected chi connectivity index (χ0v) is 12.2. The first-order valence-corrected chi connectivity index (χ1v) is 8.45. The molecule has 0 radical (unpaired) electrons. The lowest BCUT2D eigenvalue weighted by Crippen LogP contribution is -2.37. The maximum Gasteiger partial charge on any atom is -0.00204 e. The second-order valence-electron chi connectivity index (χ2n) is 7.69. The SMILES string of the molecule is CCC1CCC(CN)(CC2CC3CCC2C3)CC1. The molecule has 3 saturated carbocycles. The molecule has 2 N–H and O–H groups in total. The highest BCUT2D eigenvalue weighted by Crippen LogP contribution is 2.54. The average Bonchev–Trinajstić information content (AvgIpc) is 3.02. The van der Waals surface area contributed by atoms with Crippen molar-refractivity contribution in [2.24, 2.45) is 34.8 Å². The molecule has 18 heavy (non-hydrogen) atoms. The van der Waals surface area contributed by atoms with E-state index in [0.29, 0.717) is 5.41 Å². The summed E-state index contributed by atoms with van der Waals surface area (Å²) >= 11 is 0. The predicted molar refractivity (Wildman–Crippen MR) is 77.3 cm³/mol. The molecule has 0 spiro atoms. The van der Waals surface area contributed by atoms with Gasteiger partial charge in [0.1, 0.15) is 0 Å². The van der Waals surface area contributed by atoms with E-state index >= 15 is 0 Å². The molecule has 3 atom stereocenters. The van der Waals surface area contributed by atoms with E-state index in [-0.39, 0.29) is 0 Å². The van der Waals surface area contributed by atoms with Crippen molar-refractivity contribution in [1.82, 2.24) is 0 Å². The molecule has 3 aliphatic rings. The molecule has 0 aromatic rings. The molecule has 3 aliphatic carbocycles. The lowest BCUT2D eigenvalue weighted by molar-refractivity contribution is 0.101. The fraction of sp³-hybridized carbons (Fsp3) is 1.00. The van der Waals surface area contributed by atoms with Crippen molar-refractivity contribution in [2.75, 3.05) is 6.54 Å². The Bertz CT molecular complexity index is 277. The Kier molecular flexibility index (Phi) is 3.71. The van der Waals surface area contributed by atoms with Gasteiger partial charge >= 0.3 is 0 Å². The summed E-state index contributed by atoms with van der Waals surface area (Å²) in [5, 5.41) is 0. The molecule has 0 saturated heterocycles. The van der Waals surface area contributed by atoms with Gasteiger partial charge < -0.3 is 5.73 Å². The van der Waals surface area contributed by atoms with E-state index in [1.54, 1.807) is 12.8 Å². The minimum atomic E-state index is 0.542. The number of hydrogen-bond acceptors (Lipinski definition) is 1. The summed E-state index contributed by atoms with van der Waals surface area (Å²) in [6.45, 7) is 3.31. The summed E-state index contributed by atoms with van der Waals surface area (Å²) in [4.78, 5) is 0. The van der Waals surface area contributed by atoms with Gasteiger partial charge in [-0.15, -0.1) is 0 Å². The van der Waals surface area contributed by atoms with Gasteiger partial charge in [-0.2, -0.15) is 0 Å². The molecular weight excluding hydrogens is 218 g/mol. The van der Waals surface area contributed by atoms with E-state index in [1.807, 2.05) is 0 Å². The molecule has 0 amide bonds. The normalized spacial score (nSPS) is 47.7. The Morgan fingerprint density at radius 1 is 1.06 bits per heavy atom. The highest BCUT2D eigenvalue weighted by Gasteiger charge is 2.44. The monoisotopic (exact) mass is 249 g/mol.